The number of rotatable bonds is 23. The van der Waals surface area contributed by atoms with E-state index in [2.05, 4.69) is 19.7 Å². The molecule has 7 unspecified atom stereocenters. The van der Waals surface area contributed by atoms with Crippen LogP contribution >= 0.6 is 0 Å². The average Bonchev–Trinajstić information content (AvgIpc) is 2.94. The van der Waals surface area contributed by atoms with E-state index in [9.17, 15) is 45.0 Å². The van der Waals surface area contributed by atoms with Crippen LogP contribution in [0.4, 0.5) is 0 Å². The van der Waals surface area contributed by atoms with Crippen LogP contribution in [-0.2, 0) is 42.8 Å². The Kier molecular flexibility index (Phi) is 19.7. The van der Waals surface area contributed by atoms with Gasteiger partial charge in [-0.15, -0.1) is 0 Å². The van der Waals surface area contributed by atoms with Gasteiger partial charge in [-0.05, 0) is 20.8 Å². The Labute approximate surface area is 244 Å². The molecule has 15 nitrogen and oxygen atoms in total. The molecule has 0 radical (unpaired) electrons. The van der Waals surface area contributed by atoms with Gasteiger partial charge in [0, 0.05) is 16.7 Å². The van der Waals surface area contributed by atoms with Crippen molar-refractivity contribution in [3.05, 3.63) is 36.5 Å². The first-order chi connectivity index (χ1) is 19.6. The van der Waals surface area contributed by atoms with Crippen LogP contribution < -0.4 is 0 Å². The first kappa shape index (κ1) is 39.3. The molecule has 7 atom stereocenters. The molecule has 0 aliphatic rings. The lowest BCUT2D eigenvalue weighted by molar-refractivity contribution is -0.177. The molecule has 0 heterocycles. The molecular weight excluding hydrogens is 564 g/mol. The molecule has 0 spiro atoms. The first-order valence-corrected chi connectivity index (χ1v) is 12.9. The van der Waals surface area contributed by atoms with Gasteiger partial charge >= 0.3 is 17.9 Å². The highest BCUT2D eigenvalue weighted by molar-refractivity contribution is 5.87. The lowest BCUT2D eigenvalue weighted by atomic mass is 10.0. The van der Waals surface area contributed by atoms with Crippen LogP contribution in [-0.4, -0.2) is 144 Å². The van der Waals surface area contributed by atoms with Gasteiger partial charge in [0.15, 0.2) is 0 Å². The summed E-state index contributed by atoms with van der Waals surface area (Å²) in [7, 11) is 0. The van der Waals surface area contributed by atoms with Crippen LogP contribution in [0.15, 0.2) is 36.5 Å². The van der Waals surface area contributed by atoms with Crippen LogP contribution in [0.3, 0.4) is 0 Å². The summed E-state index contributed by atoms with van der Waals surface area (Å²) in [6.45, 7) is 10.5. The summed E-state index contributed by atoms with van der Waals surface area (Å²) in [5, 5.41) is 61.2. The Morgan fingerprint density at radius 3 is 1.24 bits per heavy atom. The number of hydrogen-bond acceptors (Lipinski definition) is 15. The summed E-state index contributed by atoms with van der Waals surface area (Å²) in [5.41, 5.74) is 0.347. The van der Waals surface area contributed by atoms with Gasteiger partial charge in [0.25, 0.3) is 0 Å². The number of esters is 3. The van der Waals surface area contributed by atoms with Gasteiger partial charge in [-0.25, -0.2) is 14.4 Å². The summed E-state index contributed by atoms with van der Waals surface area (Å²) >= 11 is 0. The standard InChI is InChI=1S/C27H44O15/c1-15(2)25(34)40-11-18(29)8-37-14-22(39-10-20(31)13-42-27(36)17(5)6)24(33)23(32)21(7-28)38-9-19(30)12-41-26(35)16(3)4/h18-24,28-33H,1,3,5,7-14H2,2,4,6H3. The summed E-state index contributed by atoms with van der Waals surface area (Å²) in [6, 6.07) is 0. The van der Waals surface area contributed by atoms with Crippen molar-refractivity contribution in [3.63, 3.8) is 0 Å². The van der Waals surface area contributed by atoms with Crippen molar-refractivity contribution in [2.75, 3.05) is 52.9 Å². The molecular formula is C27H44O15. The Hall–Kier alpha value is -2.73. The molecule has 15 heteroatoms. The summed E-state index contributed by atoms with van der Waals surface area (Å²) in [4.78, 5) is 34.4. The third kappa shape index (κ3) is 16.6. The van der Waals surface area contributed by atoms with Crippen molar-refractivity contribution >= 4 is 17.9 Å². The normalized spacial score (nSPS) is 16.2. The fraction of sp³-hybridized carbons (Fsp3) is 0.667. The zero-order valence-corrected chi connectivity index (χ0v) is 24.2. The Morgan fingerprint density at radius 2 is 0.881 bits per heavy atom. The van der Waals surface area contributed by atoms with Gasteiger partial charge in [0.2, 0.25) is 0 Å². The SMILES string of the molecule is C=C(C)C(=O)OCC(O)COCC(OCC(O)COC(=O)C(=C)C)C(O)C(O)C(CO)OCC(O)COC(=O)C(=C)C. The molecule has 0 aromatic rings. The molecule has 0 aliphatic heterocycles. The Bertz CT molecular complexity index is 889. The fourth-order valence-corrected chi connectivity index (χ4v) is 2.76. The quantitative estimate of drug-likeness (QED) is 0.0416. The highest BCUT2D eigenvalue weighted by atomic mass is 16.6. The highest BCUT2D eigenvalue weighted by Crippen LogP contribution is 2.13. The van der Waals surface area contributed by atoms with Crippen LogP contribution in [0.25, 0.3) is 0 Å². The number of carbonyl (C=O) groups excluding carboxylic acids is 3. The molecule has 42 heavy (non-hydrogen) atoms. The Balaban J connectivity index is 5.21. The maximum absolute atomic E-state index is 11.5. The van der Waals surface area contributed by atoms with Gasteiger partial charge in [-0.1, -0.05) is 19.7 Å². The summed E-state index contributed by atoms with van der Waals surface area (Å²) in [6.07, 6.45) is -10.4. The molecule has 0 amide bonds. The lowest BCUT2D eigenvalue weighted by Gasteiger charge is -2.32. The molecule has 0 saturated carbocycles. The van der Waals surface area contributed by atoms with Gasteiger partial charge in [-0.2, -0.15) is 0 Å². The van der Waals surface area contributed by atoms with Crippen molar-refractivity contribution in [2.24, 2.45) is 0 Å². The highest BCUT2D eigenvalue weighted by Gasteiger charge is 2.34. The van der Waals surface area contributed by atoms with Gasteiger partial charge in [0.1, 0.15) is 62.5 Å². The van der Waals surface area contributed by atoms with Crippen molar-refractivity contribution in [1.82, 2.24) is 0 Å². The molecule has 6 N–H and O–H groups in total. The monoisotopic (exact) mass is 608 g/mol. The number of aliphatic hydroxyl groups is 6. The van der Waals surface area contributed by atoms with E-state index in [0.717, 1.165) is 0 Å². The van der Waals surface area contributed by atoms with Crippen LogP contribution in [0.2, 0.25) is 0 Å². The van der Waals surface area contributed by atoms with Crippen molar-refractivity contribution in [1.29, 1.82) is 0 Å². The molecule has 0 bridgehead atoms. The molecule has 0 rings (SSSR count). The molecule has 242 valence electrons. The van der Waals surface area contributed by atoms with E-state index < -0.39 is 107 Å². The number of ether oxygens (including phenoxy) is 6. The minimum absolute atomic E-state index is 0.106. The van der Waals surface area contributed by atoms with Crippen LogP contribution in [0.5, 0.6) is 0 Å². The third-order valence-corrected chi connectivity index (χ3v) is 5.16. The lowest BCUT2D eigenvalue weighted by Crippen LogP contribution is -2.50. The van der Waals surface area contributed by atoms with E-state index in [-0.39, 0.29) is 23.3 Å². The van der Waals surface area contributed by atoms with E-state index in [4.69, 9.17) is 28.4 Å². The van der Waals surface area contributed by atoms with E-state index in [0.29, 0.717) is 0 Å². The largest absolute Gasteiger partial charge is 0.460 e. The third-order valence-electron chi connectivity index (χ3n) is 5.16. The Morgan fingerprint density at radius 1 is 0.548 bits per heavy atom. The molecule has 0 aromatic heterocycles. The number of aliphatic hydroxyl groups excluding tert-OH is 6. The van der Waals surface area contributed by atoms with Crippen molar-refractivity contribution < 1.29 is 73.4 Å². The average molecular weight is 609 g/mol. The molecule has 0 saturated heterocycles. The first-order valence-electron chi connectivity index (χ1n) is 12.9. The zero-order chi connectivity index (χ0) is 32.4. The van der Waals surface area contributed by atoms with Gasteiger partial charge in [-0.3, -0.25) is 0 Å². The number of carbonyl (C=O) groups is 3. The van der Waals surface area contributed by atoms with E-state index in [1.54, 1.807) is 0 Å². The van der Waals surface area contributed by atoms with Crippen LogP contribution in [0, 0.1) is 0 Å². The van der Waals surface area contributed by atoms with Crippen LogP contribution in [0.1, 0.15) is 20.8 Å². The van der Waals surface area contributed by atoms with Crippen molar-refractivity contribution in [3.8, 4) is 0 Å². The second-order valence-corrected chi connectivity index (χ2v) is 9.54. The van der Waals surface area contributed by atoms with Gasteiger partial charge < -0.3 is 59.1 Å². The molecule has 0 aliphatic carbocycles. The predicted octanol–water partition coefficient (Wildman–Crippen LogP) is -2.07. The second kappa shape index (κ2) is 21.0. The van der Waals surface area contributed by atoms with Crippen molar-refractivity contribution in [2.45, 2.75) is 63.5 Å². The minimum Gasteiger partial charge on any atom is -0.460 e. The van der Waals surface area contributed by atoms with E-state index in [1.807, 2.05) is 0 Å². The maximum atomic E-state index is 11.5. The summed E-state index contributed by atoms with van der Waals surface area (Å²) in [5.74, 6) is -2.20. The maximum Gasteiger partial charge on any atom is 0.333 e. The molecule has 0 fully saturated rings. The van der Waals surface area contributed by atoms with E-state index in [1.165, 1.54) is 20.8 Å². The second-order valence-electron chi connectivity index (χ2n) is 9.54. The smallest absolute Gasteiger partial charge is 0.333 e. The summed E-state index contributed by atoms with van der Waals surface area (Å²) < 4.78 is 30.5. The topological polar surface area (TPSA) is 228 Å². The molecule has 0 aromatic carbocycles. The number of hydrogen-bond donors (Lipinski definition) is 6. The minimum atomic E-state index is -1.83. The van der Waals surface area contributed by atoms with Gasteiger partial charge in [0.05, 0.1) is 33.0 Å². The fourth-order valence-electron chi connectivity index (χ4n) is 2.76. The zero-order valence-electron chi connectivity index (χ0n) is 24.2. The van der Waals surface area contributed by atoms with E-state index >= 15 is 0 Å². The predicted molar refractivity (Wildman–Crippen MR) is 145 cm³/mol.